The molecule has 3 rings (SSSR count). The van der Waals surface area contributed by atoms with Crippen LogP contribution in [0.4, 0.5) is 0 Å². The zero-order chi connectivity index (χ0) is 14.7. The van der Waals surface area contributed by atoms with Crippen LogP contribution in [0.2, 0.25) is 0 Å². The summed E-state index contributed by atoms with van der Waals surface area (Å²) in [6.07, 6.45) is 5.74. The fourth-order valence-electron chi connectivity index (χ4n) is 3.42. The number of nitrogens with one attached hydrogen (secondary N) is 1. The second-order valence-electron chi connectivity index (χ2n) is 6.51. The van der Waals surface area contributed by atoms with Gasteiger partial charge in [-0.1, -0.05) is 18.2 Å². The molecule has 0 radical (unpaired) electrons. The Morgan fingerprint density at radius 2 is 1.86 bits per heavy atom. The summed E-state index contributed by atoms with van der Waals surface area (Å²) in [6, 6.07) is 8.48. The number of rotatable bonds is 9. The van der Waals surface area contributed by atoms with Crippen LogP contribution in [-0.2, 0) is 0 Å². The molecular formula is C18H28N2O. The molecule has 1 atom stereocenters. The Labute approximate surface area is 128 Å². The van der Waals surface area contributed by atoms with Gasteiger partial charge in [0.25, 0.3) is 0 Å². The molecule has 0 amide bonds. The van der Waals surface area contributed by atoms with Crippen molar-refractivity contribution in [2.45, 2.75) is 38.6 Å². The molecule has 1 unspecified atom stereocenters. The summed E-state index contributed by atoms with van der Waals surface area (Å²) in [5.74, 6) is 3.80. The molecule has 2 fully saturated rings. The van der Waals surface area contributed by atoms with Crippen molar-refractivity contribution in [2.75, 3.05) is 19.7 Å². The minimum Gasteiger partial charge on any atom is -0.494 e. The largest absolute Gasteiger partial charge is 0.494 e. The summed E-state index contributed by atoms with van der Waals surface area (Å²) in [4.78, 5) is 0. The number of benzene rings is 1. The van der Waals surface area contributed by atoms with Crippen molar-refractivity contribution in [3.05, 3.63) is 29.8 Å². The fraction of sp³-hybridized carbons (Fsp3) is 0.667. The fourth-order valence-corrected chi connectivity index (χ4v) is 3.42. The lowest BCUT2D eigenvalue weighted by Gasteiger charge is -2.24. The highest BCUT2D eigenvalue weighted by Gasteiger charge is 2.41. The zero-order valence-electron chi connectivity index (χ0n) is 13.1. The predicted molar refractivity (Wildman–Crippen MR) is 86.3 cm³/mol. The molecule has 3 N–H and O–H groups in total. The molecule has 3 heteroatoms. The van der Waals surface area contributed by atoms with Gasteiger partial charge in [-0.15, -0.1) is 0 Å². The molecule has 3 nitrogen and oxygen atoms in total. The van der Waals surface area contributed by atoms with Gasteiger partial charge in [-0.3, -0.25) is 0 Å². The second kappa shape index (κ2) is 6.80. The van der Waals surface area contributed by atoms with Crippen molar-refractivity contribution >= 4 is 0 Å². The highest BCUT2D eigenvalue weighted by molar-refractivity contribution is 5.36. The Hall–Kier alpha value is -1.06. The third kappa shape index (κ3) is 3.78. The Morgan fingerprint density at radius 3 is 2.43 bits per heavy atom. The molecule has 21 heavy (non-hydrogen) atoms. The average Bonchev–Trinajstić information content (AvgIpc) is 3.39. The van der Waals surface area contributed by atoms with Crippen LogP contribution >= 0.6 is 0 Å². The van der Waals surface area contributed by atoms with Crippen molar-refractivity contribution in [1.82, 2.24) is 5.32 Å². The van der Waals surface area contributed by atoms with Gasteiger partial charge in [-0.25, -0.2) is 0 Å². The van der Waals surface area contributed by atoms with E-state index in [-0.39, 0.29) is 6.04 Å². The third-order valence-electron chi connectivity index (χ3n) is 4.88. The maximum Gasteiger partial charge on any atom is 0.124 e. The normalized spacial score (nSPS) is 19.8. The lowest BCUT2D eigenvalue weighted by atomic mass is 9.96. The lowest BCUT2D eigenvalue weighted by Crippen LogP contribution is -2.33. The second-order valence-corrected chi connectivity index (χ2v) is 6.51. The molecule has 0 aromatic heterocycles. The molecule has 2 aliphatic rings. The van der Waals surface area contributed by atoms with Crippen LogP contribution in [0.15, 0.2) is 24.3 Å². The first-order valence-electron chi connectivity index (χ1n) is 8.48. The summed E-state index contributed by atoms with van der Waals surface area (Å²) in [5, 5.41) is 3.72. The van der Waals surface area contributed by atoms with E-state index in [1.807, 2.05) is 19.1 Å². The van der Waals surface area contributed by atoms with Crippen molar-refractivity contribution in [3.8, 4) is 5.75 Å². The summed E-state index contributed by atoms with van der Waals surface area (Å²) in [5.41, 5.74) is 7.22. The monoisotopic (exact) mass is 288 g/mol. The maximum absolute atomic E-state index is 6.02. The molecule has 116 valence electrons. The minimum atomic E-state index is 0.202. The summed E-state index contributed by atoms with van der Waals surface area (Å²) in [7, 11) is 0. The van der Waals surface area contributed by atoms with E-state index in [0.717, 1.165) is 30.0 Å². The number of hydrogen-bond acceptors (Lipinski definition) is 3. The van der Waals surface area contributed by atoms with E-state index in [1.54, 1.807) is 0 Å². The predicted octanol–water partition coefficient (Wildman–Crippen LogP) is 3.11. The van der Waals surface area contributed by atoms with Gasteiger partial charge < -0.3 is 15.8 Å². The Balaban J connectivity index is 1.64. The van der Waals surface area contributed by atoms with Crippen molar-refractivity contribution in [1.29, 1.82) is 0 Å². The topological polar surface area (TPSA) is 47.3 Å². The molecule has 2 aliphatic carbocycles. The maximum atomic E-state index is 6.02. The molecule has 0 bridgehead atoms. The van der Waals surface area contributed by atoms with Crippen LogP contribution in [0.3, 0.4) is 0 Å². The van der Waals surface area contributed by atoms with E-state index >= 15 is 0 Å². The van der Waals surface area contributed by atoms with Crippen LogP contribution in [0.5, 0.6) is 5.75 Å². The number of nitrogens with two attached hydrogens (primary N) is 1. The smallest absolute Gasteiger partial charge is 0.124 e. The SMILES string of the molecule is CCOc1ccccc1C(CN)NCC(C1CC1)C1CC1. The standard InChI is InChI=1S/C18H28N2O/c1-2-21-18-6-4-3-5-15(18)17(11-19)20-12-16(13-7-8-13)14-9-10-14/h3-6,13-14,16-17,20H,2,7-12,19H2,1H3. The zero-order valence-corrected chi connectivity index (χ0v) is 13.1. The highest BCUT2D eigenvalue weighted by Crippen LogP contribution is 2.49. The highest BCUT2D eigenvalue weighted by atomic mass is 16.5. The van der Waals surface area contributed by atoms with Crippen LogP contribution in [-0.4, -0.2) is 19.7 Å². The summed E-state index contributed by atoms with van der Waals surface area (Å²) in [6.45, 7) is 4.45. The first kappa shape index (κ1) is 14.9. The molecule has 2 saturated carbocycles. The van der Waals surface area contributed by atoms with E-state index in [9.17, 15) is 0 Å². The quantitative estimate of drug-likeness (QED) is 0.734. The summed E-state index contributed by atoms with van der Waals surface area (Å²) < 4.78 is 5.75. The Kier molecular flexibility index (Phi) is 4.81. The van der Waals surface area contributed by atoms with Gasteiger partial charge in [0.1, 0.15) is 5.75 Å². The third-order valence-corrected chi connectivity index (χ3v) is 4.88. The van der Waals surface area contributed by atoms with Crippen molar-refractivity contribution in [3.63, 3.8) is 0 Å². The van der Waals surface area contributed by atoms with Gasteiger partial charge in [-0.05, 0) is 63.0 Å². The van der Waals surface area contributed by atoms with Gasteiger partial charge >= 0.3 is 0 Å². The van der Waals surface area contributed by atoms with Crippen LogP contribution < -0.4 is 15.8 Å². The molecule has 1 aromatic rings. The Morgan fingerprint density at radius 1 is 1.19 bits per heavy atom. The van der Waals surface area contributed by atoms with Gasteiger partial charge in [0.15, 0.2) is 0 Å². The minimum absolute atomic E-state index is 0.202. The Bertz CT molecular complexity index is 442. The molecular weight excluding hydrogens is 260 g/mol. The van der Waals surface area contributed by atoms with E-state index in [4.69, 9.17) is 10.5 Å². The first-order valence-corrected chi connectivity index (χ1v) is 8.48. The van der Waals surface area contributed by atoms with Crippen molar-refractivity contribution < 1.29 is 4.74 Å². The van der Waals surface area contributed by atoms with Crippen LogP contribution in [0.25, 0.3) is 0 Å². The first-order chi connectivity index (χ1) is 10.3. The number of hydrogen-bond donors (Lipinski definition) is 2. The molecule has 0 aliphatic heterocycles. The van der Waals surface area contributed by atoms with Gasteiger partial charge in [0.2, 0.25) is 0 Å². The molecule has 0 saturated heterocycles. The number of ether oxygens (including phenoxy) is 1. The lowest BCUT2D eigenvalue weighted by molar-refractivity contribution is 0.323. The van der Waals surface area contributed by atoms with E-state index < -0.39 is 0 Å². The summed E-state index contributed by atoms with van der Waals surface area (Å²) >= 11 is 0. The van der Waals surface area contributed by atoms with Gasteiger partial charge in [-0.2, -0.15) is 0 Å². The van der Waals surface area contributed by atoms with Gasteiger partial charge in [0, 0.05) is 18.2 Å². The average molecular weight is 288 g/mol. The van der Waals surface area contributed by atoms with Crippen LogP contribution in [0.1, 0.15) is 44.2 Å². The van der Waals surface area contributed by atoms with Crippen molar-refractivity contribution in [2.24, 2.45) is 23.5 Å². The molecule has 1 aromatic carbocycles. The van der Waals surface area contributed by atoms with E-state index in [2.05, 4.69) is 17.4 Å². The molecule has 0 heterocycles. The number of para-hydroxylation sites is 1. The van der Waals surface area contributed by atoms with E-state index in [0.29, 0.717) is 13.2 Å². The van der Waals surface area contributed by atoms with Crippen LogP contribution in [0, 0.1) is 17.8 Å². The van der Waals surface area contributed by atoms with Gasteiger partial charge in [0.05, 0.1) is 6.61 Å². The van der Waals surface area contributed by atoms with E-state index in [1.165, 1.54) is 31.2 Å². The molecule has 0 spiro atoms.